The van der Waals surface area contributed by atoms with Crippen molar-refractivity contribution in [2.75, 3.05) is 0 Å². The molecule has 0 radical (unpaired) electrons. The number of para-hydroxylation sites is 6. The van der Waals surface area contributed by atoms with Crippen molar-refractivity contribution in [2.45, 2.75) is 12.8 Å². The summed E-state index contributed by atoms with van der Waals surface area (Å²) >= 11 is 1.94. The highest BCUT2D eigenvalue weighted by Gasteiger charge is 2.22. The third kappa shape index (κ3) is 5.01. The fourth-order valence-electron chi connectivity index (χ4n) is 9.25. The van der Waals surface area contributed by atoms with E-state index < -0.39 is 0 Å². The lowest BCUT2D eigenvalue weighted by atomic mass is 9.96. The van der Waals surface area contributed by atoms with Gasteiger partial charge in [-0.15, -0.1) is 11.3 Å². The molecule has 1 aliphatic rings. The molecule has 0 aliphatic heterocycles. The molecule has 4 aromatic heterocycles. The van der Waals surface area contributed by atoms with E-state index in [-0.39, 0.29) is 0 Å². The molecule has 1 aliphatic carbocycles. The maximum absolute atomic E-state index is 5.70. The standard InChI is InChI=1S/C53H35N3S/c1-3-15-36(16-4-1)55-48-26-10-7-19-38(48)41-22-13-24-43(52(41)55)46-32-35(34-29-30-51-45(31-34)40-21-9-12-28-50(40)57-51)33-47(54-46)44-25-14-23-42-39-20-8-11-27-49(39)56(53(42)44)37-17-5-2-6-18-37/h1-11,13-27,29-33H,12,28H2. The summed E-state index contributed by atoms with van der Waals surface area (Å²) in [4.78, 5) is 7.18. The lowest BCUT2D eigenvalue weighted by Crippen LogP contribution is -1.98. The second-order valence-corrected chi connectivity index (χ2v) is 16.1. The fourth-order valence-corrected chi connectivity index (χ4v) is 10.4. The maximum atomic E-state index is 5.70. The van der Waals surface area contributed by atoms with Crippen LogP contribution in [-0.4, -0.2) is 14.1 Å². The number of allylic oxidation sites excluding steroid dienone is 1. The van der Waals surface area contributed by atoms with Gasteiger partial charge in [-0.2, -0.15) is 0 Å². The predicted molar refractivity (Wildman–Crippen MR) is 242 cm³/mol. The highest BCUT2D eigenvalue weighted by atomic mass is 32.1. The summed E-state index contributed by atoms with van der Waals surface area (Å²) in [5.74, 6) is 0. The number of hydrogen-bond acceptors (Lipinski definition) is 2. The first-order valence-electron chi connectivity index (χ1n) is 19.7. The third-order valence-corrected chi connectivity index (χ3v) is 13.0. The van der Waals surface area contributed by atoms with Crippen LogP contribution in [0.15, 0.2) is 182 Å². The van der Waals surface area contributed by atoms with Gasteiger partial charge >= 0.3 is 0 Å². The van der Waals surface area contributed by atoms with Crippen LogP contribution >= 0.6 is 11.3 Å². The van der Waals surface area contributed by atoms with Gasteiger partial charge in [-0.1, -0.05) is 127 Å². The molecule has 0 saturated carbocycles. The normalized spacial score (nSPS) is 12.7. The van der Waals surface area contributed by atoms with E-state index in [1.165, 1.54) is 58.7 Å². The largest absolute Gasteiger partial charge is 0.309 e. The van der Waals surface area contributed by atoms with Crippen LogP contribution in [0.1, 0.15) is 16.9 Å². The molecule has 0 saturated heterocycles. The summed E-state index contributed by atoms with van der Waals surface area (Å²) in [5, 5.41) is 6.22. The van der Waals surface area contributed by atoms with E-state index in [9.17, 15) is 0 Å². The monoisotopic (exact) mass is 745 g/mol. The topological polar surface area (TPSA) is 22.8 Å². The number of aryl methyl sites for hydroxylation is 1. The van der Waals surface area contributed by atoms with Gasteiger partial charge in [0.25, 0.3) is 0 Å². The number of benzene rings is 7. The third-order valence-electron chi connectivity index (χ3n) is 11.8. The molecular weight excluding hydrogens is 711 g/mol. The van der Waals surface area contributed by atoms with Crippen LogP contribution in [0.5, 0.6) is 0 Å². The van der Waals surface area contributed by atoms with Crippen LogP contribution in [0.3, 0.4) is 0 Å². The van der Waals surface area contributed by atoms with Crippen molar-refractivity contribution in [3.63, 3.8) is 0 Å². The van der Waals surface area contributed by atoms with Crippen LogP contribution in [0.4, 0.5) is 0 Å². The first kappa shape index (κ1) is 32.3. The van der Waals surface area contributed by atoms with Crippen LogP contribution in [0.2, 0.25) is 0 Å². The van der Waals surface area contributed by atoms with E-state index in [1.807, 2.05) is 11.3 Å². The second kappa shape index (κ2) is 12.8. The highest BCUT2D eigenvalue weighted by Crippen LogP contribution is 2.43. The highest BCUT2D eigenvalue weighted by molar-refractivity contribution is 7.19. The SMILES string of the molecule is C1=Cc2c(sc3ccc(-c4cc(-c5cccc6c7ccccc7n(-c7ccccc7)c56)nc(-c5cccc6c7ccccc7n(-c7ccccc7)c56)c4)cc23)CC1. The number of nitrogens with zero attached hydrogens (tertiary/aromatic N) is 3. The summed E-state index contributed by atoms with van der Waals surface area (Å²) in [6.07, 6.45) is 6.88. The molecule has 4 heteroatoms. The molecule has 0 atom stereocenters. The van der Waals surface area contributed by atoms with Gasteiger partial charge in [0.1, 0.15) is 0 Å². The zero-order valence-corrected chi connectivity index (χ0v) is 31.9. The molecule has 11 aromatic rings. The van der Waals surface area contributed by atoms with Crippen molar-refractivity contribution in [2.24, 2.45) is 0 Å². The number of pyridine rings is 1. The molecule has 4 heterocycles. The van der Waals surface area contributed by atoms with Gasteiger partial charge in [0.05, 0.1) is 33.5 Å². The minimum atomic E-state index is 0.944. The molecule has 0 fully saturated rings. The second-order valence-electron chi connectivity index (χ2n) is 15.0. The summed E-state index contributed by atoms with van der Waals surface area (Å²) in [6.45, 7) is 0. The van der Waals surface area contributed by atoms with Gasteiger partial charge < -0.3 is 9.13 Å². The summed E-state index contributed by atoms with van der Waals surface area (Å²) in [7, 11) is 0. The van der Waals surface area contributed by atoms with E-state index in [0.29, 0.717) is 0 Å². The molecule has 268 valence electrons. The van der Waals surface area contributed by atoms with E-state index in [0.717, 1.165) is 63.3 Å². The van der Waals surface area contributed by atoms with E-state index in [4.69, 9.17) is 4.98 Å². The van der Waals surface area contributed by atoms with Crippen molar-refractivity contribution in [3.05, 3.63) is 192 Å². The van der Waals surface area contributed by atoms with Crippen molar-refractivity contribution in [3.8, 4) is 45.0 Å². The van der Waals surface area contributed by atoms with Gasteiger partial charge in [-0.3, -0.25) is 0 Å². The van der Waals surface area contributed by atoms with Crippen LogP contribution in [0.25, 0.3) is 105 Å². The Morgan fingerprint density at radius 1 is 0.456 bits per heavy atom. The summed E-state index contributed by atoms with van der Waals surface area (Å²) < 4.78 is 6.18. The Morgan fingerprint density at radius 3 is 1.60 bits per heavy atom. The minimum absolute atomic E-state index is 0.944. The molecule has 0 spiro atoms. The Hall–Kier alpha value is -7.01. The summed E-state index contributed by atoms with van der Waals surface area (Å²) in [5.41, 5.74) is 14.7. The maximum Gasteiger partial charge on any atom is 0.0737 e. The lowest BCUT2D eigenvalue weighted by Gasteiger charge is -2.15. The first-order valence-corrected chi connectivity index (χ1v) is 20.5. The Bertz CT molecular complexity index is 3220. The molecule has 12 rings (SSSR count). The molecule has 0 amide bonds. The molecule has 0 N–H and O–H groups in total. The number of thiophene rings is 1. The lowest BCUT2D eigenvalue weighted by molar-refractivity contribution is 1.02. The van der Waals surface area contributed by atoms with Gasteiger partial charge in [0, 0.05) is 59.0 Å². The summed E-state index contributed by atoms with van der Waals surface area (Å²) in [6, 6.07) is 64.0. The number of rotatable bonds is 5. The van der Waals surface area contributed by atoms with Gasteiger partial charge in [-0.25, -0.2) is 4.98 Å². The molecule has 57 heavy (non-hydrogen) atoms. The van der Waals surface area contributed by atoms with Crippen molar-refractivity contribution in [1.29, 1.82) is 0 Å². The zero-order valence-electron chi connectivity index (χ0n) is 31.1. The first-order chi connectivity index (χ1) is 28.3. The quantitative estimate of drug-likeness (QED) is 0.172. The van der Waals surface area contributed by atoms with Crippen LogP contribution < -0.4 is 0 Å². The molecule has 7 aromatic carbocycles. The zero-order chi connectivity index (χ0) is 37.5. The molecule has 0 unspecified atom stereocenters. The number of hydrogen-bond donors (Lipinski definition) is 0. The number of fused-ring (bicyclic) bond motifs is 9. The average Bonchev–Trinajstić information content (AvgIpc) is 3.94. The molecule has 3 nitrogen and oxygen atoms in total. The van der Waals surface area contributed by atoms with Crippen molar-refractivity contribution in [1.82, 2.24) is 14.1 Å². The molecular formula is C53H35N3S. The average molecular weight is 746 g/mol. The van der Waals surface area contributed by atoms with Gasteiger partial charge in [0.15, 0.2) is 0 Å². The molecule has 0 bridgehead atoms. The minimum Gasteiger partial charge on any atom is -0.309 e. The smallest absolute Gasteiger partial charge is 0.0737 e. The fraction of sp³-hybridized carbons (Fsp3) is 0.0377. The van der Waals surface area contributed by atoms with Gasteiger partial charge in [0.2, 0.25) is 0 Å². The Balaban J connectivity index is 1.18. The van der Waals surface area contributed by atoms with E-state index >= 15 is 0 Å². The van der Waals surface area contributed by atoms with Crippen LogP contribution in [0, 0.1) is 0 Å². The van der Waals surface area contributed by atoms with Crippen molar-refractivity contribution >= 4 is 71.1 Å². The van der Waals surface area contributed by atoms with Crippen LogP contribution in [-0.2, 0) is 6.42 Å². The number of aromatic nitrogens is 3. The Kier molecular flexibility index (Phi) is 7.23. The van der Waals surface area contributed by atoms with E-state index in [1.54, 1.807) is 0 Å². The van der Waals surface area contributed by atoms with Gasteiger partial charge in [-0.05, 0) is 90.2 Å². The Morgan fingerprint density at radius 2 is 1.00 bits per heavy atom. The Labute approximate surface area is 334 Å². The van der Waals surface area contributed by atoms with E-state index in [2.05, 4.69) is 197 Å². The predicted octanol–water partition coefficient (Wildman–Crippen LogP) is 14.5. The van der Waals surface area contributed by atoms with Crippen molar-refractivity contribution < 1.29 is 0 Å².